The molecule has 5 heteroatoms. The average Bonchev–Trinajstić information content (AvgIpc) is 2.73. The molecule has 2 saturated heterocycles. The van der Waals surface area contributed by atoms with Gasteiger partial charge >= 0.3 is 0 Å². The second-order valence-electron chi connectivity index (χ2n) is 4.44. The number of aliphatic imine (C=N–C) groups is 1. The molecule has 2 aliphatic heterocycles. The van der Waals surface area contributed by atoms with Gasteiger partial charge < -0.3 is 15.4 Å². The van der Waals surface area contributed by atoms with Gasteiger partial charge in [-0.2, -0.15) is 11.8 Å². The predicted octanol–water partition coefficient (Wildman–Crippen LogP) is 0.917. The second kappa shape index (κ2) is 5.77. The van der Waals surface area contributed by atoms with Gasteiger partial charge in [-0.25, -0.2) is 0 Å². The third-order valence-electron chi connectivity index (χ3n) is 3.11. The van der Waals surface area contributed by atoms with Crippen LogP contribution in [0.3, 0.4) is 0 Å². The van der Waals surface area contributed by atoms with Crippen molar-refractivity contribution in [2.24, 2.45) is 10.7 Å². The van der Waals surface area contributed by atoms with E-state index < -0.39 is 0 Å². The maximum Gasteiger partial charge on any atom is 0.191 e. The maximum absolute atomic E-state index is 5.97. The van der Waals surface area contributed by atoms with E-state index in [1.807, 2.05) is 11.8 Å². The lowest BCUT2D eigenvalue weighted by atomic mass is 10.2. The first-order valence-corrected chi connectivity index (χ1v) is 7.19. The number of guanidine groups is 1. The lowest BCUT2D eigenvalue weighted by Crippen LogP contribution is -2.43. The van der Waals surface area contributed by atoms with Crippen LogP contribution in [0.5, 0.6) is 0 Å². The van der Waals surface area contributed by atoms with Crippen LogP contribution in [0, 0.1) is 0 Å². The fourth-order valence-electron chi connectivity index (χ4n) is 2.11. The Morgan fingerprint density at radius 1 is 1.44 bits per heavy atom. The summed E-state index contributed by atoms with van der Waals surface area (Å²) >= 11 is 1.98. The van der Waals surface area contributed by atoms with Gasteiger partial charge in [-0.05, 0) is 19.8 Å². The molecule has 16 heavy (non-hydrogen) atoms. The normalized spacial score (nSPS) is 32.1. The number of rotatable bonds is 2. The van der Waals surface area contributed by atoms with Crippen molar-refractivity contribution in [2.75, 3.05) is 31.1 Å². The SMILES string of the molecule is CC1CCC(CN=C(N)N2CCSCC2)O1. The second-order valence-corrected chi connectivity index (χ2v) is 5.67. The van der Waals surface area contributed by atoms with Crippen molar-refractivity contribution in [3.8, 4) is 0 Å². The molecular formula is C11H21N3OS. The molecule has 2 fully saturated rings. The number of nitrogens with two attached hydrogens (primary N) is 1. The minimum Gasteiger partial charge on any atom is -0.373 e. The molecule has 0 radical (unpaired) electrons. The summed E-state index contributed by atoms with van der Waals surface area (Å²) in [7, 11) is 0. The van der Waals surface area contributed by atoms with Crippen LogP contribution in [0.25, 0.3) is 0 Å². The van der Waals surface area contributed by atoms with E-state index in [4.69, 9.17) is 10.5 Å². The highest BCUT2D eigenvalue weighted by Crippen LogP contribution is 2.19. The topological polar surface area (TPSA) is 50.8 Å². The third-order valence-corrected chi connectivity index (χ3v) is 4.05. The molecule has 0 aromatic carbocycles. The molecule has 2 heterocycles. The van der Waals surface area contributed by atoms with E-state index in [0.29, 0.717) is 12.1 Å². The zero-order chi connectivity index (χ0) is 11.4. The Labute approximate surface area is 102 Å². The number of nitrogens with zero attached hydrogens (tertiary/aromatic N) is 2. The molecule has 0 saturated carbocycles. The standard InChI is InChI=1S/C11H21N3OS/c1-9-2-3-10(15-9)8-13-11(12)14-4-6-16-7-5-14/h9-10H,2-8H2,1H3,(H2,12,13). The number of thioether (sulfide) groups is 1. The first-order chi connectivity index (χ1) is 7.75. The number of hydrogen-bond acceptors (Lipinski definition) is 3. The molecule has 2 N–H and O–H groups in total. The molecule has 4 nitrogen and oxygen atoms in total. The van der Waals surface area contributed by atoms with Crippen LogP contribution in [0.2, 0.25) is 0 Å². The molecule has 2 unspecified atom stereocenters. The van der Waals surface area contributed by atoms with Crippen LogP contribution >= 0.6 is 11.8 Å². The van der Waals surface area contributed by atoms with Gasteiger partial charge in [0.15, 0.2) is 5.96 Å². The van der Waals surface area contributed by atoms with Gasteiger partial charge in [0.05, 0.1) is 18.8 Å². The fourth-order valence-corrected chi connectivity index (χ4v) is 3.01. The van der Waals surface area contributed by atoms with Gasteiger partial charge in [0.2, 0.25) is 0 Å². The first-order valence-electron chi connectivity index (χ1n) is 6.04. The van der Waals surface area contributed by atoms with E-state index in [-0.39, 0.29) is 6.10 Å². The van der Waals surface area contributed by atoms with E-state index in [1.165, 1.54) is 0 Å². The monoisotopic (exact) mass is 243 g/mol. The van der Waals surface area contributed by atoms with E-state index in [9.17, 15) is 0 Å². The maximum atomic E-state index is 5.97. The van der Waals surface area contributed by atoms with Crippen molar-refractivity contribution >= 4 is 17.7 Å². The summed E-state index contributed by atoms with van der Waals surface area (Å²) in [4.78, 5) is 6.63. The summed E-state index contributed by atoms with van der Waals surface area (Å²) < 4.78 is 5.71. The first kappa shape index (κ1) is 12.0. The summed E-state index contributed by atoms with van der Waals surface area (Å²) in [6.45, 7) is 4.90. The molecule has 2 aliphatic rings. The Balaban J connectivity index is 1.77. The van der Waals surface area contributed by atoms with E-state index in [0.717, 1.165) is 44.0 Å². The van der Waals surface area contributed by atoms with Crippen LogP contribution in [0.1, 0.15) is 19.8 Å². The molecule has 0 amide bonds. The van der Waals surface area contributed by atoms with E-state index >= 15 is 0 Å². The number of hydrogen-bond donors (Lipinski definition) is 1. The van der Waals surface area contributed by atoms with Crippen LogP contribution < -0.4 is 5.73 Å². The molecule has 0 bridgehead atoms. The third kappa shape index (κ3) is 3.28. The van der Waals surface area contributed by atoms with Crippen molar-refractivity contribution in [3.05, 3.63) is 0 Å². The van der Waals surface area contributed by atoms with Crippen molar-refractivity contribution in [3.63, 3.8) is 0 Å². The molecule has 2 atom stereocenters. The highest BCUT2D eigenvalue weighted by Gasteiger charge is 2.21. The summed E-state index contributed by atoms with van der Waals surface area (Å²) in [6.07, 6.45) is 2.95. The van der Waals surface area contributed by atoms with E-state index in [1.54, 1.807) is 0 Å². The highest BCUT2D eigenvalue weighted by atomic mass is 32.2. The lowest BCUT2D eigenvalue weighted by Gasteiger charge is -2.27. The Hall–Kier alpha value is -0.420. The lowest BCUT2D eigenvalue weighted by molar-refractivity contribution is 0.0614. The van der Waals surface area contributed by atoms with Gasteiger partial charge in [-0.15, -0.1) is 0 Å². The highest BCUT2D eigenvalue weighted by molar-refractivity contribution is 7.99. The molecule has 0 spiro atoms. The summed E-state index contributed by atoms with van der Waals surface area (Å²) in [5.74, 6) is 3.02. The minimum atomic E-state index is 0.285. The average molecular weight is 243 g/mol. The molecule has 0 aliphatic carbocycles. The van der Waals surface area contributed by atoms with E-state index in [2.05, 4.69) is 16.8 Å². The van der Waals surface area contributed by atoms with Gasteiger partial charge in [0.1, 0.15) is 0 Å². The Morgan fingerprint density at radius 2 is 2.19 bits per heavy atom. The predicted molar refractivity (Wildman–Crippen MR) is 69.0 cm³/mol. The van der Waals surface area contributed by atoms with Crippen LogP contribution in [0.15, 0.2) is 4.99 Å². The van der Waals surface area contributed by atoms with Crippen molar-refractivity contribution in [1.82, 2.24) is 4.90 Å². The largest absolute Gasteiger partial charge is 0.373 e. The molecular weight excluding hydrogens is 222 g/mol. The van der Waals surface area contributed by atoms with Crippen LogP contribution in [0.4, 0.5) is 0 Å². The smallest absolute Gasteiger partial charge is 0.191 e. The van der Waals surface area contributed by atoms with Crippen molar-refractivity contribution < 1.29 is 4.74 Å². The zero-order valence-corrected chi connectivity index (χ0v) is 10.7. The van der Waals surface area contributed by atoms with Gasteiger partial charge in [0.25, 0.3) is 0 Å². The van der Waals surface area contributed by atoms with Crippen LogP contribution in [-0.2, 0) is 4.74 Å². The number of ether oxygens (including phenoxy) is 1. The zero-order valence-electron chi connectivity index (χ0n) is 9.89. The Bertz CT molecular complexity index is 254. The quantitative estimate of drug-likeness (QED) is 0.579. The van der Waals surface area contributed by atoms with Gasteiger partial charge in [-0.1, -0.05) is 0 Å². The Kier molecular flexibility index (Phi) is 4.35. The minimum absolute atomic E-state index is 0.285. The van der Waals surface area contributed by atoms with Gasteiger partial charge in [0, 0.05) is 24.6 Å². The summed E-state index contributed by atoms with van der Waals surface area (Å²) in [5.41, 5.74) is 5.97. The van der Waals surface area contributed by atoms with Crippen molar-refractivity contribution in [1.29, 1.82) is 0 Å². The van der Waals surface area contributed by atoms with Gasteiger partial charge in [-0.3, -0.25) is 4.99 Å². The fraction of sp³-hybridized carbons (Fsp3) is 0.909. The van der Waals surface area contributed by atoms with Crippen LogP contribution in [-0.4, -0.2) is 54.2 Å². The summed E-state index contributed by atoms with van der Waals surface area (Å²) in [5, 5.41) is 0. The Morgan fingerprint density at radius 3 is 2.81 bits per heavy atom. The molecule has 92 valence electrons. The van der Waals surface area contributed by atoms with Crippen molar-refractivity contribution in [2.45, 2.75) is 32.0 Å². The molecule has 2 rings (SSSR count). The summed E-state index contributed by atoms with van der Waals surface area (Å²) in [6, 6.07) is 0. The molecule has 0 aromatic heterocycles. The molecule has 0 aromatic rings.